The lowest BCUT2D eigenvalue weighted by Gasteiger charge is -2.20. The number of aromatic nitrogens is 3. The second-order valence-corrected chi connectivity index (χ2v) is 7.21. The van der Waals surface area contributed by atoms with Crippen LogP contribution in [-0.2, 0) is 11.3 Å². The van der Waals surface area contributed by atoms with Crippen molar-refractivity contribution < 1.29 is 9.53 Å². The van der Waals surface area contributed by atoms with Crippen LogP contribution in [0.4, 0.5) is 5.13 Å². The molecule has 0 aliphatic carbocycles. The van der Waals surface area contributed by atoms with Gasteiger partial charge in [-0.2, -0.15) is 5.10 Å². The van der Waals surface area contributed by atoms with E-state index in [1.54, 1.807) is 28.3 Å². The summed E-state index contributed by atoms with van der Waals surface area (Å²) < 4.78 is 7.12. The Morgan fingerprint density at radius 1 is 1.46 bits per heavy atom. The molecule has 1 fully saturated rings. The summed E-state index contributed by atoms with van der Waals surface area (Å²) in [6.45, 7) is 3.10. The smallest absolute Gasteiger partial charge is 0.275 e. The summed E-state index contributed by atoms with van der Waals surface area (Å²) in [7, 11) is 3.99. The second kappa shape index (κ2) is 7.87. The zero-order chi connectivity index (χ0) is 16.9. The first-order valence-corrected chi connectivity index (χ1v) is 8.96. The highest BCUT2D eigenvalue weighted by atomic mass is 32.1. The maximum Gasteiger partial charge on any atom is 0.275 e. The second-order valence-electron chi connectivity index (χ2n) is 6.15. The van der Waals surface area contributed by atoms with Gasteiger partial charge in [0.25, 0.3) is 5.91 Å². The molecule has 0 spiro atoms. The molecule has 1 N–H and O–H groups in total. The highest BCUT2D eigenvalue weighted by Gasteiger charge is 2.20. The predicted molar refractivity (Wildman–Crippen MR) is 93.6 cm³/mol. The van der Waals surface area contributed by atoms with Crippen LogP contribution in [-0.4, -0.2) is 59.4 Å². The molecule has 1 aliphatic heterocycles. The molecule has 2 aromatic rings. The van der Waals surface area contributed by atoms with Gasteiger partial charge in [0, 0.05) is 37.0 Å². The third-order valence-corrected chi connectivity index (χ3v) is 5.15. The maximum atomic E-state index is 12.5. The first-order chi connectivity index (χ1) is 11.6. The summed E-state index contributed by atoms with van der Waals surface area (Å²) in [6, 6.07) is 1.73. The van der Waals surface area contributed by atoms with Crippen LogP contribution < -0.4 is 5.32 Å². The van der Waals surface area contributed by atoms with Crippen molar-refractivity contribution in [2.24, 2.45) is 0 Å². The fraction of sp³-hybridized carbons (Fsp3) is 0.562. The summed E-state index contributed by atoms with van der Waals surface area (Å²) in [6.07, 6.45) is 5.57. The van der Waals surface area contributed by atoms with E-state index in [1.807, 2.05) is 20.3 Å². The summed E-state index contributed by atoms with van der Waals surface area (Å²) in [4.78, 5) is 20.1. The van der Waals surface area contributed by atoms with Crippen LogP contribution in [0.5, 0.6) is 0 Å². The van der Waals surface area contributed by atoms with Crippen LogP contribution in [0.15, 0.2) is 18.5 Å². The van der Waals surface area contributed by atoms with Crippen molar-refractivity contribution in [3.05, 3.63) is 29.0 Å². The average Bonchev–Trinajstić information content (AvgIpc) is 3.23. The fourth-order valence-corrected chi connectivity index (χ4v) is 3.66. The zero-order valence-corrected chi connectivity index (χ0v) is 14.9. The van der Waals surface area contributed by atoms with Gasteiger partial charge in [0.2, 0.25) is 0 Å². The Hall–Kier alpha value is -1.77. The molecule has 2 aromatic heterocycles. The lowest BCUT2D eigenvalue weighted by Crippen LogP contribution is -2.23. The molecule has 24 heavy (non-hydrogen) atoms. The van der Waals surface area contributed by atoms with Crippen molar-refractivity contribution in [1.82, 2.24) is 19.7 Å². The number of likely N-dealkylation sites (N-methyl/N-ethyl adjacent to an activating group) is 1. The van der Waals surface area contributed by atoms with Crippen LogP contribution in [0.25, 0.3) is 0 Å². The van der Waals surface area contributed by atoms with Gasteiger partial charge in [0.1, 0.15) is 5.69 Å². The van der Waals surface area contributed by atoms with E-state index in [9.17, 15) is 4.79 Å². The SMILES string of the molecule is CN(C)CCn1nccc1C(=O)Nc1ncc(C2CCOCC2)s1. The van der Waals surface area contributed by atoms with Gasteiger partial charge >= 0.3 is 0 Å². The molecule has 1 amide bonds. The first-order valence-electron chi connectivity index (χ1n) is 8.15. The lowest BCUT2D eigenvalue weighted by molar-refractivity contribution is 0.0859. The molecule has 0 saturated carbocycles. The molecule has 1 aliphatic rings. The van der Waals surface area contributed by atoms with Crippen LogP contribution in [0.1, 0.15) is 34.1 Å². The number of amides is 1. The summed E-state index contributed by atoms with van der Waals surface area (Å²) in [5, 5.41) is 7.76. The van der Waals surface area contributed by atoms with Gasteiger partial charge in [-0.1, -0.05) is 0 Å². The molecular weight excluding hydrogens is 326 g/mol. The van der Waals surface area contributed by atoms with Crippen LogP contribution in [0.2, 0.25) is 0 Å². The van der Waals surface area contributed by atoms with E-state index in [-0.39, 0.29) is 5.91 Å². The molecule has 7 nitrogen and oxygen atoms in total. The zero-order valence-electron chi connectivity index (χ0n) is 14.1. The van der Waals surface area contributed by atoms with Gasteiger partial charge in [0.05, 0.1) is 6.54 Å². The number of hydrogen-bond donors (Lipinski definition) is 1. The molecule has 0 bridgehead atoms. The largest absolute Gasteiger partial charge is 0.381 e. The molecule has 3 rings (SSSR count). The minimum atomic E-state index is -0.167. The van der Waals surface area contributed by atoms with E-state index in [4.69, 9.17) is 4.74 Å². The monoisotopic (exact) mass is 349 g/mol. The molecule has 0 unspecified atom stereocenters. The third-order valence-electron chi connectivity index (χ3n) is 4.08. The number of nitrogens with one attached hydrogen (secondary N) is 1. The Morgan fingerprint density at radius 2 is 2.25 bits per heavy atom. The molecule has 0 aromatic carbocycles. The number of anilines is 1. The molecule has 0 radical (unpaired) electrons. The molecule has 130 valence electrons. The Morgan fingerprint density at radius 3 is 3.00 bits per heavy atom. The van der Waals surface area contributed by atoms with E-state index in [0.717, 1.165) is 32.6 Å². The van der Waals surface area contributed by atoms with Crippen molar-refractivity contribution in [3.8, 4) is 0 Å². The minimum Gasteiger partial charge on any atom is -0.381 e. The Balaban J connectivity index is 1.63. The van der Waals surface area contributed by atoms with Crippen molar-refractivity contribution in [1.29, 1.82) is 0 Å². The van der Waals surface area contributed by atoms with Gasteiger partial charge in [-0.3, -0.25) is 14.8 Å². The standard InChI is InChI=1S/C16H23N5O2S/c1-20(2)7-8-21-13(3-6-18-21)15(22)19-16-17-11-14(24-16)12-4-9-23-10-5-12/h3,6,11-12H,4-5,7-10H2,1-2H3,(H,17,19,22). The van der Waals surface area contributed by atoms with Crippen molar-refractivity contribution in [2.45, 2.75) is 25.3 Å². The van der Waals surface area contributed by atoms with E-state index >= 15 is 0 Å². The van der Waals surface area contributed by atoms with Gasteiger partial charge in [-0.15, -0.1) is 11.3 Å². The topological polar surface area (TPSA) is 72.3 Å². The summed E-state index contributed by atoms with van der Waals surface area (Å²) in [5.74, 6) is 0.326. The van der Waals surface area contributed by atoms with Crippen LogP contribution in [0.3, 0.4) is 0 Å². The van der Waals surface area contributed by atoms with Crippen molar-refractivity contribution in [2.75, 3.05) is 39.2 Å². The van der Waals surface area contributed by atoms with Gasteiger partial charge in [0.15, 0.2) is 5.13 Å². The van der Waals surface area contributed by atoms with Crippen LogP contribution >= 0.6 is 11.3 Å². The van der Waals surface area contributed by atoms with E-state index < -0.39 is 0 Å². The van der Waals surface area contributed by atoms with Crippen LogP contribution in [0, 0.1) is 0 Å². The fourth-order valence-electron chi connectivity index (χ4n) is 2.67. The quantitative estimate of drug-likeness (QED) is 0.864. The number of thiazole rings is 1. The minimum absolute atomic E-state index is 0.167. The summed E-state index contributed by atoms with van der Waals surface area (Å²) >= 11 is 1.55. The average molecular weight is 349 g/mol. The predicted octanol–water partition coefficient (Wildman–Crippen LogP) is 2.05. The van der Waals surface area contributed by atoms with Crippen molar-refractivity contribution >= 4 is 22.4 Å². The molecule has 0 atom stereocenters. The van der Waals surface area contributed by atoms with Gasteiger partial charge < -0.3 is 9.64 Å². The number of carbonyl (C=O) groups excluding carboxylic acids is 1. The third kappa shape index (κ3) is 4.19. The number of nitrogens with zero attached hydrogens (tertiary/aromatic N) is 4. The number of carbonyl (C=O) groups is 1. The number of ether oxygens (including phenoxy) is 1. The molecule has 8 heteroatoms. The lowest BCUT2D eigenvalue weighted by atomic mass is 9.99. The molecule has 3 heterocycles. The Kier molecular flexibility index (Phi) is 5.60. The number of hydrogen-bond acceptors (Lipinski definition) is 6. The van der Waals surface area contributed by atoms with Crippen molar-refractivity contribution in [3.63, 3.8) is 0 Å². The first kappa shape index (κ1) is 17.1. The van der Waals surface area contributed by atoms with E-state index in [0.29, 0.717) is 23.3 Å². The normalized spacial score (nSPS) is 15.8. The summed E-state index contributed by atoms with van der Waals surface area (Å²) in [5.41, 5.74) is 0.555. The van der Waals surface area contributed by atoms with Gasteiger partial charge in [-0.25, -0.2) is 4.98 Å². The highest BCUT2D eigenvalue weighted by molar-refractivity contribution is 7.15. The molecule has 1 saturated heterocycles. The van der Waals surface area contributed by atoms with Gasteiger partial charge in [-0.05, 0) is 38.9 Å². The Bertz CT molecular complexity index is 676. The van der Waals surface area contributed by atoms with E-state index in [1.165, 1.54) is 4.88 Å². The highest BCUT2D eigenvalue weighted by Crippen LogP contribution is 2.32. The number of rotatable bonds is 6. The molecular formula is C16H23N5O2S. The van der Waals surface area contributed by atoms with E-state index in [2.05, 4.69) is 20.3 Å². The maximum absolute atomic E-state index is 12.5. The Labute approximate surface area is 145 Å².